The van der Waals surface area contributed by atoms with Crippen molar-refractivity contribution >= 4 is 11.7 Å². The van der Waals surface area contributed by atoms with E-state index in [-0.39, 0.29) is 11.7 Å². The largest absolute Gasteiger partial charge is 0.492 e. The molecule has 7 nitrogen and oxygen atoms in total. The quantitative estimate of drug-likeness (QED) is 0.681. The van der Waals surface area contributed by atoms with Gasteiger partial charge in [0.15, 0.2) is 0 Å². The standard InChI is InChI=1S/C19H23N5O2/c1-5-23(9-10-26-16-8-6-7-13(2)11-16)18(25)17-21-19-20-14(3)12-15(4)24(19)22-17/h6-8,11-12H,5,9-10H2,1-4H3. The number of ether oxygens (including phenoxy) is 1. The van der Waals surface area contributed by atoms with Gasteiger partial charge in [0, 0.05) is 17.9 Å². The summed E-state index contributed by atoms with van der Waals surface area (Å²) in [6.45, 7) is 9.17. The van der Waals surface area contributed by atoms with E-state index in [9.17, 15) is 4.79 Å². The summed E-state index contributed by atoms with van der Waals surface area (Å²) < 4.78 is 7.34. The minimum Gasteiger partial charge on any atom is -0.492 e. The Labute approximate surface area is 152 Å². The van der Waals surface area contributed by atoms with Crippen LogP contribution in [0.25, 0.3) is 5.78 Å². The zero-order valence-electron chi connectivity index (χ0n) is 15.6. The van der Waals surface area contributed by atoms with E-state index in [0.717, 1.165) is 22.7 Å². The Bertz CT molecular complexity index is 935. The van der Waals surface area contributed by atoms with Gasteiger partial charge in [-0.05, 0) is 51.5 Å². The van der Waals surface area contributed by atoms with Crippen LogP contribution in [0.15, 0.2) is 30.3 Å². The van der Waals surface area contributed by atoms with Crippen LogP contribution in [0, 0.1) is 20.8 Å². The molecule has 0 atom stereocenters. The third-order valence-corrected chi connectivity index (χ3v) is 4.10. The lowest BCUT2D eigenvalue weighted by atomic mass is 10.2. The minimum absolute atomic E-state index is 0.156. The average Bonchev–Trinajstić information content (AvgIpc) is 3.02. The van der Waals surface area contributed by atoms with Gasteiger partial charge in [-0.3, -0.25) is 4.79 Å². The molecule has 0 unspecified atom stereocenters. The van der Waals surface area contributed by atoms with Crippen LogP contribution >= 0.6 is 0 Å². The number of aromatic nitrogens is 4. The van der Waals surface area contributed by atoms with Crippen molar-refractivity contribution in [3.63, 3.8) is 0 Å². The maximum atomic E-state index is 12.7. The molecule has 3 aromatic rings. The van der Waals surface area contributed by atoms with Crippen LogP contribution in [0.1, 0.15) is 34.5 Å². The second-order valence-electron chi connectivity index (χ2n) is 6.24. The van der Waals surface area contributed by atoms with Crippen LogP contribution in [0.2, 0.25) is 0 Å². The smallest absolute Gasteiger partial charge is 0.293 e. The molecule has 0 aliphatic rings. The Balaban J connectivity index is 1.69. The Hall–Kier alpha value is -2.96. The number of hydrogen-bond donors (Lipinski definition) is 0. The lowest BCUT2D eigenvalue weighted by Crippen LogP contribution is -2.35. The summed E-state index contributed by atoms with van der Waals surface area (Å²) in [5, 5.41) is 4.31. The molecule has 2 aromatic heterocycles. The predicted octanol–water partition coefficient (Wildman–Crippen LogP) is 2.59. The molecule has 1 amide bonds. The maximum Gasteiger partial charge on any atom is 0.293 e. The molecule has 0 aliphatic heterocycles. The number of carbonyl (C=O) groups excluding carboxylic acids is 1. The first-order valence-electron chi connectivity index (χ1n) is 8.67. The van der Waals surface area contributed by atoms with Gasteiger partial charge in [0.05, 0.1) is 6.54 Å². The Morgan fingerprint density at radius 1 is 1.19 bits per heavy atom. The van der Waals surface area contributed by atoms with Crippen LogP contribution < -0.4 is 4.74 Å². The van der Waals surface area contributed by atoms with Gasteiger partial charge in [-0.15, -0.1) is 5.10 Å². The van der Waals surface area contributed by atoms with Crippen molar-refractivity contribution in [3.8, 4) is 5.75 Å². The topological polar surface area (TPSA) is 72.6 Å². The molecule has 26 heavy (non-hydrogen) atoms. The molecule has 0 saturated heterocycles. The fourth-order valence-electron chi connectivity index (χ4n) is 2.78. The molecule has 0 radical (unpaired) electrons. The summed E-state index contributed by atoms with van der Waals surface area (Å²) in [5.74, 6) is 1.18. The van der Waals surface area contributed by atoms with E-state index in [1.54, 1.807) is 9.42 Å². The predicted molar refractivity (Wildman–Crippen MR) is 98.5 cm³/mol. The Morgan fingerprint density at radius 3 is 2.73 bits per heavy atom. The van der Waals surface area contributed by atoms with E-state index in [0.29, 0.717) is 25.5 Å². The highest BCUT2D eigenvalue weighted by Crippen LogP contribution is 2.12. The third-order valence-electron chi connectivity index (χ3n) is 4.10. The number of nitrogens with zero attached hydrogens (tertiary/aromatic N) is 5. The molecule has 0 fully saturated rings. The summed E-state index contributed by atoms with van der Waals surface area (Å²) in [6, 6.07) is 9.75. The van der Waals surface area contributed by atoms with E-state index in [4.69, 9.17) is 4.74 Å². The summed E-state index contributed by atoms with van der Waals surface area (Å²) in [7, 11) is 0. The van der Waals surface area contributed by atoms with Crippen molar-refractivity contribution in [3.05, 3.63) is 53.1 Å². The zero-order valence-corrected chi connectivity index (χ0v) is 15.6. The molecule has 136 valence electrons. The number of aryl methyl sites for hydroxylation is 3. The van der Waals surface area contributed by atoms with Gasteiger partial charge in [0.1, 0.15) is 12.4 Å². The molecule has 0 spiro atoms. The summed E-state index contributed by atoms with van der Waals surface area (Å²) in [4.78, 5) is 23.0. The first kappa shape index (κ1) is 17.8. The van der Waals surface area contributed by atoms with Gasteiger partial charge >= 0.3 is 0 Å². The SMILES string of the molecule is CCN(CCOc1cccc(C)c1)C(=O)c1nc2nc(C)cc(C)n2n1. The van der Waals surface area contributed by atoms with Crippen molar-refractivity contribution in [1.82, 2.24) is 24.5 Å². The van der Waals surface area contributed by atoms with Crippen molar-refractivity contribution in [2.24, 2.45) is 0 Å². The number of carbonyl (C=O) groups is 1. The van der Waals surface area contributed by atoms with Crippen molar-refractivity contribution in [2.75, 3.05) is 19.7 Å². The molecule has 7 heteroatoms. The second kappa shape index (κ2) is 7.51. The fraction of sp³-hybridized carbons (Fsp3) is 0.368. The normalized spacial score (nSPS) is 10.9. The van der Waals surface area contributed by atoms with E-state index in [1.165, 1.54) is 0 Å². The Kier molecular flexibility index (Phi) is 5.16. The van der Waals surface area contributed by atoms with Crippen LogP contribution in [0.5, 0.6) is 5.75 Å². The fourth-order valence-corrected chi connectivity index (χ4v) is 2.78. The lowest BCUT2D eigenvalue weighted by Gasteiger charge is -2.19. The van der Waals surface area contributed by atoms with Gasteiger partial charge in [-0.2, -0.15) is 4.98 Å². The minimum atomic E-state index is -0.220. The molecule has 0 aliphatic carbocycles. The van der Waals surface area contributed by atoms with Gasteiger partial charge in [-0.25, -0.2) is 9.50 Å². The first-order chi connectivity index (χ1) is 12.5. The highest BCUT2D eigenvalue weighted by Gasteiger charge is 2.20. The number of amides is 1. The number of hydrogen-bond acceptors (Lipinski definition) is 5. The third kappa shape index (κ3) is 3.82. The summed E-state index contributed by atoms with van der Waals surface area (Å²) >= 11 is 0. The number of rotatable bonds is 6. The second-order valence-corrected chi connectivity index (χ2v) is 6.24. The number of likely N-dealkylation sites (N-methyl/N-ethyl adjacent to an activating group) is 1. The van der Waals surface area contributed by atoms with Gasteiger partial charge < -0.3 is 9.64 Å². The summed E-state index contributed by atoms with van der Waals surface area (Å²) in [6.07, 6.45) is 0. The van der Waals surface area contributed by atoms with Gasteiger partial charge in [0.2, 0.25) is 5.82 Å². The van der Waals surface area contributed by atoms with Gasteiger partial charge in [-0.1, -0.05) is 12.1 Å². The zero-order chi connectivity index (χ0) is 18.7. The number of fused-ring (bicyclic) bond motifs is 1. The average molecular weight is 353 g/mol. The molecule has 1 aromatic carbocycles. The molecule has 2 heterocycles. The molecular weight excluding hydrogens is 330 g/mol. The molecule has 0 N–H and O–H groups in total. The van der Waals surface area contributed by atoms with E-state index < -0.39 is 0 Å². The molecular formula is C19H23N5O2. The lowest BCUT2D eigenvalue weighted by molar-refractivity contribution is 0.0728. The maximum absolute atomic E-state index is 12.7. The highest BCUT2D eigenvalue weighted by molar-refractivity contribution is 5.90. The first-order valence-corrected chi connectivity index (χ1v) is 8.67. The van der Waals surface area contributed by atoms with Crippen LogP contribution in [0.4, 0.5) is 0 Å². The van der Waals surface area contributed by atoms with Crippen LogP contribution in [-0.4, -0.2) is 50.1 Å². The van der Waals surface area contributed by atoms with Crippen LogP contribution in [0.3, 0.4) is 0 Å². The molecule has 0 bridgehead atoms. The van der Waals surface area contributed by atoms with Crippen molar-refractivity contribution < 1.29 is 9.53 Å². The van der Waals surface area contributed by atoms with Crippen molar-refractivity contribution in [1.29, 1.82) is 0 Å². The van der Waals surface area contributed by atoms with Crippen LogP contribution in [-0.2, 0) is 0 Å². The highest BCUT2D eigenvalue weighted by atomic mass is 16.5. The number of benzene rings is 1. The van der Waals surface area contributed by atoms with Gasteiger partial charge in [0.25, 0.3) is 11.7 Å². The Morgan fingerprint density at radius 2 is 2.00 bits per heavy atom. The van der Waals surface area contributed by atoms with E-state index in [2.05, 4.69) is 15.1 Å². The van der Waals surface area contributed by atoms with Crippen molar-refractivity contribution in [2.45, 2.75) is 27.7 Å². The molecule has 3 rings (SSSR count). The molecule has 0 saturated carbocycles. The monoisotopic (exact) mass is 353 g/mol. The van der Waals surface area contributed by atoms with E-state index >= 15 is 0 Å². The van der Waals surface area contributed by atoms with E-state index in [1.807, 2.05) is 58.0 Å². The summed E-state index contributed by atoms with van der Waals surface area (Å²) in [5.41, 5.74) is 2.88.